The van der Waals surface area contributed by atoms with Crippen LogP contribution in [0.2, 0.25) is 0 Å². The largest absolute Gasteiger partial charge is 0.459 e. The molecule has 1 fully saturated rings. The van der Waals surface area contributed by atoms with E-state index in [1.807, 2.05) is 4.90 Å². The fourth-order valence-electron chi connectivity index (χ4n) is 1.57. The topological polar surface area (TPSA) is 36.7 Å². The molecule has 0 N–H and O–H groups in total. The van der Waals surface area contributed by atoms with Crippen LogP contribution in [-0.4, -0.2) is 48.9 Å². The first-order valence-electron chi connectivity index (χ1n) is 4.79. The van der Waals surface area contributed by atoms with Gasteiger partial charge in [-0.05, 0) is 19.2 Å². The number of hydrogen-bond acceptors (Lipinski definition) is 3. The number of likely N-dealkylation sites (N-methyl/N-ethyl adjacent to an activating group) is 1. The number of piperazine rings is 1. The van der Waals surface area contributed by atoms with E-state index in [0.717, 1.165) is 26.2 Å². The minimum Gasteiger partial charge on any atom is -0.459 e. The van der Waals surface area contributed by atoms with Crippen molar-refractivity contribution in [3.05, 3.63) is 24.2 Å². The average Bonchev–Trinajstić information content (AvgIpc) is 2.71. The highest BCUT2D eigenvalue weighted by Crippen LogP contribution is 2.08. The smallest absolute Gasteiger partial charge is 0.289 e. The lowest BCUT2D eigenvalue weighted by Gasteiger charge is -2.31. The van der Waals surface area contributed by atoms with Crippen molar-refractivity contribution >= 4 is 5.91 Å². The van der Waals surface area contributed by atoms with Gasteiger partial charge in [0.25, 0.3) is 5.91 Å². The zero-order chi connectivity index (χ0) is 9.97. The number of nitrogens with zero attached hydrogens (tertiary/aromatic N) is 2. The van der Waals surface area contributed by atoms with Crippen molar-refractivity contribution in [2.24, 2.45) is 0 Å². The number of hydrogen-bond donors (Lipinski definition) is 0. The van der Waals surface area contributed by atoms with Crippen LogP contribution in [0.4, 0.5) is 0 Å². The van der Waals surface area contributed by atoms with Gasteiger partial charge in [0.1, 0.15) is 0 Å². The molecule has 4 nitrogen and oxygen atoms in total. The molecule has 1 aromatic rings. The average molecular weight is 194 g/mol. The molecule has 4 heteroatoms. The van der Waals surface area contributed by atoms with Gasteiger partial charge in [0.05, 0.1) is 6.26 Å². The highest BCUT2D eigenvalue weighted by Gasteiger charge is 2.21. The summed E-state index contributed by atoms with van der Waals surface area (Å²) < 4.78 is 5.07. The van der Waals surface area contributed by atoms with Gasteiger partial charge < -0.3 is 14.2 Å². The lowest BCUT2D eigenvalue weighted by molar-refractivity contribution is 0.0632. The number of rotatable bonds is 1. The Morgan fingerprint density at radius 2 is 2.07 bits per heavy atom. The SMILES string of the molecule is CN1CCN(C(=O)c2ccco2)CC1. The molecule has 0 bridgehead atoms. The molecular formula is C10H14N2O2. The lowest BCUT2D eigenvalue weighted by atomic mass is 10.3. The highest BCUT2D eigenvalue weighted by molar-refractivity contribution is 5.91. The molecule has 2 rings (SSSR count). The summed E-state index contributed by atoms with van der Waals surface area (Å²) in [5.74, 6) is 0.442. The second-order valence-electron chi connectivity index (χ2n) is 3.57. The molecule has 0 radical (unpaired) electrons. The molecule has 0 saturated carbocycles. The van der Waals surface area contributed by atoms with Gasteiger partial charge in [-0.25, -0.2) is 0 Å². The second-order valence-corrected chi connectivity index (χ2v) is 3.57. The number of carbonyl (C=O) groups excluding carboxylic acids is 1. The molecule has 2 heterocycles. The Bertz CT molecular complexity index is 300. The predicted octanol–water partition coefficient (Wildman–Crippen LogP) is 0.667. The van der Waals surface area contributed by atoms with Crippen molar-refractivity contribution in [1.82, 2.24) is 9.80 Å². The lowest BCUT2D eigenvalue weighted by Crippen LogP contribution is -2.47. The zero-order valence-electron chi connectivity index (χ0n) is 8.27. The number of amides is 1. The summed E-state index contributed by atoms with van der Waals surface area (Å²) in [6.07, 6.45) is 1.53. The van der Waals surface area contributed by atoms with E-state index in [0.29, 0.717) is 5.76 Å². The van der Waals surface area contributed by atoms with Crippen molar-refractivity contribution in [3.63, 3.8) is 0 Å². The third kappa shape index (κ3) is 1.80. The summed E-state index contributed by atoms with van der Waals surface area (Å²) in [5.41, 5.74) is 0. The maximum absolute atomic E-state index is 11.8. The fourth-order valence-corrected chi connectivity index (χ4v) is 1.57. The first-order chi connectivity index (χ1) is 6.77. The Kier molecular flexibility index (Phi) is 2.54. The minimum atomic E-state index is 0.00287. The van der Waals surface area contributed by atoms with Gasteiger partial charge in [0.15, 0.2) is 5.76 Å². The molecule has 1 aromatic heterocycles. The van der Waals surface area contributed by atoms with E-state index in [2.05, 4.69) is 11.9 Å². The van der Waals surface area contributed by atoms with Gasteiger partial charge in [0.2, 0.25) is 0 Å². The van der Waals surface area contributed by atoms with Crippen molar-refractivity contribution < 1.29 is 9.21 Å². The van der Waals surface area contributed by atoms with Crippen molar-refractivity contribution in [3.8, 4) is 0 Å². The summed E-state index contributed by atoms with van der Waals surface area (Å²) in [6, 6.07) is 3.45. The number of carbonyl (C=O) groups is 1. The van der Waals surface area contributed by atoms with Gasteiger partial charge in [-0.15, -0.1) is 0 Å². The molecule has 0 aromatic carbocycles. The summed E-state index contributed by atoms with van der Waals surface area (Å²) >= 11 is 0. The second kappa shape index (κ2) is 3.84. The van der Waals surface area contributed by atoms with E-state index >= 15 is 0 Å². The van der Waals surface area contributed by atoms with Crippen LogP contribution in [0.5, 0.6) is 0 Å². The molecule has 1 aliphatic heterocycles. The molecule has 14 heavy (non-hydrogen) atoms. The van der Waals surface area contributed by atoms with E-state index in [9.17, 15) is 4.79 Å². The van der Waals surface area contributed by atoms with Crippen LogP contribution >= 0.6 is 0 Å². The molecule has 0 unspecified atom stereocenters. The molecule has 1 amide bonds. The predicted molar refractivity (Wildman–Crippen MR) is 52.1 cm³/mol. The first-order valence-corrected chi connectivity index (χ1v) is 4.79. The van der Waals surface area contributed by atoms with Gasteiger partial charge in [-0.3, -0.25) is 4.79 Å². The third-order valence-electron chi connectivity index (χ3n) is 2.52. The molecule has 76 valence electrons. The maximum Gasteiger partial charge on any atom is 0.289 e. The zero-order valence-corrected chi connectivity index (χ0v) is 8.27. The van der Waals surface area contributed by atoms with E-state index in [1.54, 1.807) is 12.1 Å². The summed E-state index contributed by atoms with van der Waals surface area (Å²) in [7, 11) is 2.06. The van der Waals surface area contributed by atoms with Crippen LogP contribution in [0.25, 0.3) is 0 Å². The molecule has 0 atom stereocenters. The van der Waals surface area contributed by atoms with Gasteiger partial charge >= 0.3 is 0 Å². The van der Waals surface area contributed by atoms with E-state index in [-0.39, 0.29) is 5.91 Å². The monoisotopic (exact) mass is 194 g/mol. The van der Waals surface area contributed by atoms with Crippen LogP contribution in [-0.2, 0) is 0 Å². The molecule has 1 saturated heterocycles. The van der Waals surface area contributed by atoms with Gasteiger partial charge in [-0.1, -0.05) is 0 Å². The quantitative estimate of drug-likeness (QED) is 0.659. The molecular weight excluding hydrogens is 180 g/mol. The van der Waals surface area contributed by atoms with E-state index < -0.39 is 0 Å². The normalized spacial score (nSPS) is 18.5. The van der Waals surface area contributed by atoms with Gasteiger partial charge in [0, 0.05) is 26.2 Å². The van der Waals surface area contributed by atoms with Crippen molar-refractivity contribution in [2.45, 2.75) is 0 Å². The highest BCUT2D eigenvalue weighted by atomic mass is 16.3. The van der Waals surface area contributed by atoms with Crippen molar-refractivity contribution in [1.29, 1.82) is 0 Å². The summed E-state index contributed by atoms with van der Waals surface area (Å²) in [5, 5.41) is 0. The molecule has 0 aliphatic carbocycles. The summed E-state index contributed by atoms with van der Waals surface area (Å²) in [4.78, 5) is 15.8. The van der Waals surface area contributed by atoms with Gasteiger partial charge in [-0.2, -0.15) is 0 Å². The van der Waals surface area contributed by atoms with Crippen LogP contribution in [0.1, 0.15) is 10.6 Å². The standard InChI is InChI=1S/C10H14N2O2/c1-11-4-6-12(7-5-11)10(13)9-3-2-8-14-9/h2-3,8H,4-7H2,1H3. The number of furan rings is 1. The summed E-state index contributed by atoms with van der Waals surface area (Å²) in [6.45, 7) is 3.45. The fraction of sp³-hybridized carbons (Fsp3) is 0.500. The molecule has 0 spiro atoms. The van der Waals surface area contributed by atoms with Crippen LogP contribution < -0.4 is 0 Å². The van der Waals surface area contributed by atoms with Crippen molar-refractivity contribution in [2.75, 3.05) is 33.2 Å². The Hall–Kier alpha value is -1.29. The Morgan fingerprint density at radius 1 is 1.36 bits per heavy atom. The Labute approximate surface area is 83.1 Å². The minimum absolute atomic E-state index is 0.00287. The van der Waals surface area contributed by atoms with E-state index in [4.69, 9.17) is 4.42 Å². The van der Waals surface area contributed by atoms with E-state index in [1.165, 1.54) is 6.26 Å². The first kappa shape index (κ1) is 9.27. The maximum atomic E-state index is 11.8. The van der Waals surface area contributed by atoms with Crippen LogP contribution in [0.3, 0.4) is 0 Å². The molecule has 1 aliphatic rings. The third-order valence-corrected chi connectivity index (χ3v) is 2.52. The van der Waals surface area contributed by atoms with Crippen LogP contribution in [0.15, 0.2) is 22.8 Å². The van der Waals surface area contributed by atoms with Crippen LogP contribution in [0, 0.1) is 0 Å². The Balaban J connectivity index is 1.99. The Morgan fingerprint density at radius 3 is 2.64 bits per heavy atom.